The Morgan fingerprint density at radius 3 is 2.37 bits per heavy atom. The third kappa shape index (κ3) is 9.24. The van der Waals surface area contributed by atoms with Crippen LogP contribution in [0.2, 0.25) is 0 Å². The Labute approximate surface area is 404 Å². The van der Waals surface area contributed by atoms with Crippen molar-refractivity contribution >= 4 is 35.1 Å². The molecule has 67 heavy (non-hydrogen) atoms. The summed E-state index contributed by atoms with van der Waals surface area (Å²) in [6, 6.07) is 21.5. The van der Waals surface area contributed by atoms with E-state index < -0.39 is 0 Å². The van der Waals surface area contributed by atoms with Crippen LogP contribution in [0, 0.1) is 17.3 Å². The normalized spacial score (nSPS) is 23.1. The van der Waals surface area contributed by atoms with E-state index in [9.17, 15) is 0 Å². The summed E-state index contributed by atoms with van der Waals surface area (Å²) in [4.78, 5) is 2.52. The van der Waals surface area contributed by atoms with Crippen LogP contribution < -0.4 is 15.9 Å². The lowest BCUT2D eigenvalue weighted by molar-refractivity contribution is 0.332. The summed E-state index contributed by atoms with van der Waals surface area (Å²) in [6.07, 6.45) is 25.2. The largest absolute Gasteiger partial charge is 0.470 e. The van der Waals surface area contributed by atoms with Crippen molar-refractivity contribution in [2.24, 2.45) is 17.3 Å². The van der Waals surface area contributed by atoms with Gasteiger partial charge in [-0.2, -0.15) is 0 Å². The van der Waals surface area contributed by atoms with Gasteiger partial charge in [0.15, 0.2) is 0 Å². The van der Waals surface area contributed by atoms with Crippen molar-refractivity contribution in [3.63, 3.8) is 0 Å². The van der Waals surface area contributed by atoms with E-state index in [-0.39, 0.29) is 34.4 Å². The number of fused-ring (bicyclic) bond motifs is 3. The number of nitrogens with zero attached hydrogens (tertiary/aromatic N) is 1. The number of aryl methyl sites for hydroxylation is 1. The van der Waals surface area contributed by atoms with Crippen LogP contribution in [0.5, 0.6) is 0 Å². The van der Waals surface area contributed by atoms with Gasteiger partial charge in [0, 0.05) is 34.6 Å². The Balaban J connectivity index is 1.31. The molecule has 0 spiro atoms. The molecule has 4 aliphatic carbocycles. The summed E-state index contributed by atoms with van der Waals surface area (Å²) in [5, 5.41) is 5.28. The number of anilines is 1. The first kappa shape index (κ1) is 46.9. The second-order valence-electron chi connectivity index (χ2n) is 24.3. The molecule has 0 amide bonds. The van der Waals surface area contributed by atoms with Crippen LogP contribution >= 0.6 is 0 Å². The predicted molar refractivity (Wildman–Crippen MR) is 290 cm³/mol. The van der Waals surface area contributed by atoms with E-state index in [1.807, 2.05) is 0 Å². The maximum Gasteiger partial charge on any atom is 0.281 e. The number of furan rings is 1. The third-order valence-electron chi connectivity index (χ3n) is 16.3. The Bertz CT molecular complexity index is 2780. The molecule has 0 radical (unpaired) electrons. The zero-order valence-corrected chi connectivity index (χ0v) is 43.1. The topological polar surface area (TPSA) is 28.4 Å². The van der Waals surface area contributed by atoms with E-state index in [0.717, 1.165) is 67.5 Å². The lowest BCUT2D eigenvalue weighted by atomic mass is 9.40. The Kier molecular flexibility index (Phi) is 12.2. The molecule has 3 unspecified atom stereocenters. The molecule has 1 N–H and O–H groups in total. The van der Waals surface area contributed by atoms with Crippen LogP contribution in [-0.4, -0.2) is 12.8 Å². The second-order valence-corrected chi connectivity index (χ2v) is 24.3. The van der Waals surface area contributed by atoms with E-state index in [1.165, 1.54) is 78.8 Å². The first-order chi connectivity index (χ1) is 31.6. The average molecular weight is 889 g/mol. The van der Waals surface area contributed by atoms with Gasteiger partial charge in [-0.05, 0) is 190 Å². The molecule has 4 aromatic rings. The highest BCUT2D eigenvalue weighted by Gasteiger charge is 2.40. The minimum atomic E-state index is -0.151. The number of hydrogen-bond acceptors (Lipinski definition) is 3. The monoisotopic (exact) mass is 889 g/mol. The summed E-state index contributed by atoms with van der Waals surface area (Å²) in [6.45, 7) is 37.5. The van der Waals surface area contributed by atoms with Crippen molar-refractivity contribution in [2.45, 2.75) is 157 Å². The third-order valence-corrected chi connectivity index (χ3v) is 16.3. The molecule has 348 valence electrons. The van der Waals surface area contributed by atoms with Gasteiger partial charge in [0.1, 0.15) is 5.58 Å². The standard InChI is InChI=1S/C63H77BN2O/c1-40(2)30-56(65-49-21-17-18-41(3)31-49)55-39-66(57-25-24-48(60(6,7)8)35-52(57)46-23-22-44-19-15-16-20-45(44)32-46)50(36-51-42(4)26-27-61(9,10)43(51)5)38-64(55)59-34-47-33-53-54(37-58(47)67-59)63(13,14)29-28-62(53,11)12/h16-17,20-25,31-39,41-42,56,65H,1,5,15,18-19,26-30H2,2-4,6-14H3/b51-36-. The van der Waals surface area contributed by atoms with Gasteiger partial charge in [-0.25, -0.2) is 0 Å². The number of allylic oxidation sites excluding steroid dienone is 7. The van der Waals surface area contributed by atoms with Gasteiger partial charge >= 0.3 is 0 Å². The van der Waals surface area contributed by atoms with Crippen LogP contribution in [-0.2, 0) is 22.7 Å². The van der Waals surface area contributed by atoms with Crippen LogP contribution in [0.15, 0.2) is 148 Å². The molecular formula is C63H77BN2O. The zero-order chi connectivity index (χ0) is 47.8. The van der Waals surface area contributed by atoms with Gasteiger partial charge in [-0.15, -0.1) is 6.58 Å². The molecule has 1 aromatic heterocycles. The van der Waals surface area contributed by atoms with Crippen molar-refractivity contribution in [3.05, 3.63) is 172 Å². The zero-order valence-electron chi connectivity index (χ0n) is 43.1. The Hall–Kier alpha value is -5.22. The van der Waals surface area contributed by atoms with Crippen molar-refractivity contribution in [1.29, 1.82) is 0 Å². The van der Waals surface area contributed by atoms with E-state index in [2.05, 4.69) is 203 Å². The van der Waals surface area contributed by atoms with Crippen molar-refractivity contribution in [1.82, 2.24) is 5.32 Å². The Morgan fingerprint density at radius 2 is 1.66 bits per heavy atom. The fourth-order valence-corrected chi connectivity index (χ4v) is 11.5. The molecular weight excluding hydrogens is 812 g/mol. The van der Waals surface area contributed by atoms with Gasteiger partial charge in [-0.1, -0.05) is 137 Å². The SMILES string of the molecule is C=C(C)CC(NC1=CC(C)CC=C1)C1=CN(c2ccc(C(C)(C)C)cc2-c2ccc3c(c2)C=CCC3)C(/C=C2\C(=C)C(C)(C)CCC2C)=CB1c1cc2cc3c(cc2o1)C(C)(C)CCC3(C)C. The van der Waals surface area contributed by atoms with E-state index in [0.29, 0.717) is 11.8 Å². The molecule has 2 heterocycles. The van der Waals surface area contributed by atoms with Crippen LogP contribution in [0.3, 0.4) is 0 Å². The minimum absolute atomic E-state index is 0.0171. The van der Waals surface area contributed by atoms with E-state index in [1.54, 1.807) is 0 Å². The van der Waals surface area contributed by atoms with Crippen molar-refractivity contribution < 1.29 is 4.42 Å². The van der Waals surface area contributed by atoms with Crippen molar-refractivity contribution in [3.8, 4) is 11.1 Å². The maximum atomic E-state index is 7.25. The van der Waals surface area contributed by atoms with E-state index in [4.69, 9.17) is 11.0 Å². The van der Waals surface area contributed by atoms with E-state index >= 15 is 0 Å². The average Bonchev–Trinajstić information content (AvgIpc) is 3.70. The summed E-state index contributed by atoms with van der Waals surface area (Å²) in [5.41, 5.74) is 20.0. The molecule has 3 aromatic carbocycles. The van der Waals surface area contributed by atoms with Gasteiger partial charge in [-0.3, -0.25) is 0 Å². The summed E-state index contributed by atoms with van der Waals surface area (Å²) < 4.78 is 7.25. The summed E-state index contributed by atoms with van der Waals surface area (Å²) >= 11 is 0. The fraction of sp³-hybridized carbons (Fsp3) is 0.429. The lowest BCUT2D eigenvalue weighted by Crippen LogP contribution is -2.45. The molecule has 1 aliphatic heterocycles. The fourth-order valence-electron chi connectivity index (χ4n) is 11.5. The van der Waals surface area contributed by atoms with Gasteiger partial charge in [0.25, 0.3) is 6.71 Å². The number of nitrogens with one attached hydrogen (secondary N) is 1. The Morgan fingerprint density at radius 1 is 0.910 bits per heavy atom. The van der Waals surface area contributed by atoms with Crippen molar-refractivity contribution in [2.75, 3.05) is 4.90 Å². The maximum absolute atomic E-state index is 7.25. The van der Waals surface area contributed by atoms with Gasteiger partial charge in [0.2, 0.25) is 0 Å². The number of benzene rings is 3. The lowest BCUT2D eigenvalue weighted by Gasteiger charge is -2.41. The first-order valence-corrected chi connectivity index (χ1v) is 25.5. The van der Waals surface area contributed by atoms with Gasteiger partial charge in [0.05, 0.1) is 11.3 Å². The molecule has 3 atom stereocenters. The molecule has 3 nitrogen and oxygen atoms in total. The predicted octanol–water partition coefficient (Wildman–Crippen LogP) is 16.1. The molecule has 0 saturated heterocycles. The molecule has 9 rings (SSSR count). The highest BCUT2D eigenvalue weighted by atomic mass is 16.3. The molecule has 4 heteroatoms. The molecule has 5 aliphatic rings. The summed E-state index contributed by atoms with van der Waals surface area (Å²) in [7, 11) is 0. The van der Waals surface area contributed by atoms with Gasteiger partial charge < -0.3 is 14.6 Å². The quantitative estimate of drug-likeness (QED) is 0.134. The number of hydrogen-bond donors (Lipinski definition) is 1. The molecule has 0 bridgehead atoms. The number of rotatable bonds is 9. The van der Waals surface area contributed by atoms with Crippen LogP contribution in [0.1, 0.15) is 156 Å². The summed E-state index contributed by atoms with van der Waals surface area (Å²) in [5.74, 6) is 3.37. The van der Waals surface area contributed by atoms with Crippen LogP contribution in [0.25, 0.3) is 28.2 Å². The second kappa shape index (κ2) is 17.4. The molecule has 1 fully saturated rings. The highest BCUT2D eigenvalue weighted by Crippen LogP contribution is 2.49. The van der Waals surface area contributed by atoms with Crippen LogP contribution in [0.4, 0.5) is 5.69 Å². The first-order valence-electron chi connectivity index (χ1n) is 25.5. The minimum Gasteiger partial charge on any atom is -0.470 e. The molecule has 1 saturated carbocycles. The highest BCUT2D eigenvalue weighted by molar-refractivity contribution is 6.84. The smallest absolute Gasteiger partial charge is 0.281 e.